The number of halogens is 1. The lowest BCUT2D eigenvalue weighted by Gasteiger charge is -2.15. The van der Waals surface area contributed by atoms with Crippen molar-refractivity contribution < 1.29 is 0 Å². The van der Waals surface area contributed by atoms with Crippen LogP contribution in [0.1, 0.15) is 23.9 Å². The first-order valence-corrected chi connectivity index (χ1v) is 7.88. The second-order valence-corrected chi connectivity index (χ2v) is 6.06. The summed E-state index contributed by atoms with van der Waals surface area (Å²) in [5, 5.41) is 4.51. The molecule has 2 N–H and O–H groups in total. The minimum atomic E-state index is 0.439. The van der Waals surface area contributed by atoms with Crippen molar-refractivity contribution in [1.29, 1.82) is 0 Å². The molecule has 4 heteroatoms. The third kappa shape index (κ3) is 3.70. The molecule has 2 rings (SSSR count). The molecule has 1 aromatic heterocycles. The molecule has 0 fully saturated rings. The molecule has 0 spiro atoms. The zero-order valence-electron chi connectivity index (χ0n) is 12.1. The third-order valence-electron chi connectivity index (χ3n) is 3.69. The Kier molecular flexibility index (Phi) is 5.38. The summed E-state index contributed by atoms with van der Waals surface area (Å²) in [7, 11) is 2.01. The van der Waals surface area contributed by atoms with Gasteiger partial charge < -0.3 is 5.73 Å². The van der Waals surface area contributed by atoms with Gasteiger partial charge in [0.1, 0.15) is 0 Å². The summed E-state index contributed by atoms with van der Waals surface area (Å²) in [6, 6.07) is 10.6. The fraction of sp³-hybridized carbons (Fsp3) is 0.438. The van der Waals surface area contributed by atoms with Gasteiger partial charge >= 0.3 is 0 Å². The summed E-state index contributed by atoms with van der Waals surface area (Å²) in [4.78, 5) is 0. The van der Waals surface area contributed by atoms with Crippen LogP contribution in [0, 0.1) is 5.92 Å². The molecular weight excluding hydrogens is 314 g/mol. The quantitative estimate of drug-likeness (QED) is 0.881. The maximum absolute atomic E-state index is 5.96. The van der Waals surface area contributed by atoms with E-state index in [0.717, 1.165) is 29.4 Å². The Morgan fingerprint density at radius 1 is 1.30 bits per heavy atom. The minimum Gasteiger partial charge on any atom is -0.330 e. The van der Waals surface area contributed by atoms with E-state index >= 15 is 0 Å². The van der Waals surface area contributed by atoms with Crippen molar-refractivity contribution >= 4 is 15.9 Å². The van der Waals surface area contributed by atoms with Crippen LogP contribution >= 0.6 is 15.9 Å². The van der Waals surface area contributed by atoms with Gasteiger partial charge in [0.05, 0.1) is 5.69 Å². The number of rotatable bonds is 6. The van der Waals surface area contributed by atoms with Crippen LogP contribution in [0.15, 0.2) is 34.8 Å². The zero-order valence-corrected chi connectivity index (χ0v) is 13.7. The summed E-state index contributed by atoms with van der Waals surface area (Å²) < 4.78 is 3.15. The fourth-order valence-electron chi connectivity index (χ4n) is 2.44. The van der Waals surface area contributed by atoms with Gasteiger partial charge in [0.25, 0.3) is 0 Å². The van der Waals surface area contributed by atoms with Crippen LogP contribution in [-0.4, -0.2) is 16.3 Å². The lowest BCUT2D eigenvalue weighted by atomic mass is 9.94. The van der Waals surface area contributed by atoms with Crippen LogP contribution in [0.5, 0.6) is 0 Å². The standard InChI is InChI=1S/C16H22BrN3/c1-3-14-10-15(20(2)19-14)9-12(11-18)8-13-6-4-5-7-16(13)17/h4-7,10,12H,3,8-9,11,18H2,1-2H3. The first-order valence-electron chi connectivity index (χ1n) is 7.09. The maximum Gasteiger partial charge on any atom is 0.0624 e. The molecule has 1 unspecified atom stereocenters. The molecule has 2 aromatic rings. The van der Waals surface area contributed by atoms with Crippen molar-refractivity contribution in [1.82, 2.24) is 9.78 Å². The largest absolute Gasteiger partial charge is 0.330 e. The minimum absolute atomic E-state index is 0.439. The van der Waals surface area contributed by atoms with E-state index in [4.69, 9.17) is 5.73 Å². The monoisotopic (exact) mass is 335 g/mol. The Balaban J connectivity index is 2.09. The number of hydrogen-bond donors (Lipinski definition) is 1. The highest BCUT2D eigenvalue weighted by atomic mass is 79.9. The normalized spacial score (nSPS) is 12.6. The van der Waals surface area contributed by atoms with Crippen LogP contribution in [0.25, 0.3) is 0 Å². The molecule has 0 radical (unpaired) electrons. The molecule has 3 nitrogen and oxygen atoms in total. The molecule has 0 saturated heterocycles. The van der Waals surface area contributed by atoms with Gasteiger partial charge in [0.15, 0.2) is 0 Å². The average molecular weight is 336 g/mol. The van der Waals surface area contributed by atoms with Gasteiger partial charge in [-0.2, -0.15) is 5.10 Å². The highest BCUT2D eigenvalue weighted by Gasteiger charge is 2.14. The SMILES string of the molecule is CCc1cc(CC(CN)Cc2ccccc2Br)n(C)n1. The first kappa shape index (κ1) is 15.3. The number of benzene rings is 1. The zero-order chi connectivity index (χ0) is 14.5. The van der Waals surface area contributed by atoms with E-state index in [9.17, 15) is 0 Å². The molecular formula is C16H22BrN3. The van der Waals surface area contributed by atoms with Gasteiger partial charge in [-0.25, -0.2) is 0 Å². The molecule has 0 amide bonds. The molecule has 0 saturated carbocycles. The fourth-order valence-corrected chi connectivity index (χ4v) is 2.89. The van der Waals surface area contributed by atoms with Gasteiger partial charge in [0, 0.05) is 17.2 Å². The van der Waals surface area contributed by atoms with Gasteiger partial charge in [0.2, 0.25) is 0 Å². The summed E-state index contributed by atoms with van der Waals surface area (Å²) in [6.45, 7) is 2.82. The molecule has 1 atom stereocenters. The molecule has 0 aliphatic rings. The number of hydrogen-bond acceptors (Lipinski definition) is 2. The highest BCUT2D eigenvalue weighted by Crippen LogP contribution is 2.21. The van der Waals surface area contributed by atoms with E-state index in [1.54, 1.807) is 0 Å². The van der Waals surface area contributed by atoms with Crippen LogP contribution in [0.4, 0.5) is 0 Å². The van der Waals surface area contributed by atoms with Gasteiger partial charge in [-0.05, 0) is 49.4 Å². The predicted molar refractivity (Wildman–Crippen MR) is 86.7 cm³/mol. The first-order chi connectivity index (χ1) is 9.63. The van der Waals surface area contributed by atoms with Crippen molar-refractivity contribution in [2.75, 3.05) is 6.54 Å². The van der Waals surface area contributed by atoms with E-state index in [1.165, 1.54) is 11.3 Å². The van der Waals surface area contributed by atoms with Gasteiger partial charge in [-0.15, -0.1) is 0 Å². The van der Waals surface area contributed by atoms with Crippen molar-refractivity contribution in [3.05, 3.63) is 51.8 Å². The van der Waals surface area contributed by atoms with Gasteiger partial charge in [-0.3, -0.25) is 4.68 Å². The molecule has 20 heavy (non-hydrogen) atoms. The van der Waals surface area contributed by atoms with Crippen LogP contribution < -0.4 is 5.73 Å². The molecule has 1 aromatic carbocycles. The highest BCUT2D eigenvalue weighted by molar-refractivity contribution is 9.10. The molecule has 108 valence electrons. The predicted octanol–water partition coefficient (Wildman–Crippen LogP) is 3.11. The second kappa shape index (κ2) is 7.04. The summed E-state index contributed by atoms with van der Waals surface area (Å²) in [6.07, 6.45) is 2.94. The van der Waals surface area contributed by atoms with Gasteiger partial charge in [-0.1, -0.05) is 41.1 Å². The molecule has 1 heterocycles. The Morgan fingerprint density at radius 3 is 2.65 bits per heavy atom. The van der Waals surface area contributed by atoms with E-state index in [1.807, 2.05) is 17.8 Å². The smallest absolute Gasteiger partial charge is 0.0624 e. The maximum atomic E-state index is 5.96. The van der Waals surface area contributed by atoms with Crippen LogP contribution in [0.3, 0.4) is 0 Å². The lowest BCUT2D eigenvalue weighted by molar-refractivity contribution is 0.510. The lowest BCUT2D eigenvalue weighted by Crippen LogP contribution is -2.20. The number of aryl methyl sites for hydroxylation is 2. The third-order valence-corrected chi connectivity index (χ3v) is 4.46. The number of nitrogens with zero attached hydrogens (tertiary/aromatic N) is 2. The summed E-state index contributed by atoms with van der Waals surface area (Å²) >= 11 is 3.61. The molecule has 0 aliphatic carbocycles. The molecule has 0 aliphatic heterocycles. The average Bonchev–Trinajstić information content (AvgIpc) is 2.81. The summed E-state index contributed by atoms with van der Waals surface area (Å²) in [5.74, 6) is 0.439. The van der Waals surface area contributed by atoms with Crippen molar-refractivity contribution in [2.45, 2.75) is 26.2 Å². The van der Waals surface area contributed by atoms with Crippen LogP contribution in [0.2, 0.25) is 0 Å². The topological polar surface area (TPSA) is 43.8 Å². The Bertz CT molecular complexity index is 563. The number of aromatic nitrogens is 2. The Morgan fingerprint density at radius 2 is 2.05 bits per heavy atom. The van der Waals surface area contributed by atoms with E-state index < -0.39 is 0 Å². The van der Waals surface area contributed by atoms with E-state index in [0.29, 0.717) is 12.5 Å². The Hall–Kier alpha value is -1.13. The van der Waals surface area contributed by atoms with E-state index in [2.05, 4.69) is 52.2 Å². The Labute approximate surface area is 129 Å². The van der Waals surface area contributed by atoms with E-state index in [-0.39, 0.29) is 0 Å². The van der Waals surface area contributed by atoms with Crippen molar-refractivity contribution in [3.63, 3.8) is 0 Å². The molecule has 0 bridgehead atoms. The second-order valence-electron chi connectivity index (χ2n) is 5.21. The summed E-state index contributed by atoms with van der Waals surface area (Å²) in [5.41, 5.74) is 9.70. The van der Waals surface area contributed by atoms with Crippen LogP contribution in [-0.2, 0) is 26.3 Å². The van der Waals surface area contributed by atoms with Crippen molar-refractivity contribution in [3.8, 4) is 0 Å². The van der Waals surface area contributed by atoms with Crippen molar-refractivity contribution in [2.24, 2.45) is 18.7 Å². The number of nitrogens with two attached hydrogens (primary N) is 1.